The number of nitrogens with zero attached hydrogens (tertiary/aromatic N) is 4. The molecule has 1 saturated heterocycles. The monoisotopic (exact) mass is 464 g/mol. The summed E-state index contributed by atoms with van der Waals surface area (Å²) < 4.78 is 19.8. The van der Waals surface area contributed by atoms with Crippen molar-refractivity contribution in [3.63, 3.8) is 0 Å². The number of hydrogen-bond donors (Lipinski definition) is 1. The highest BCUT2D eigenvalue weighted by Crippen LogP contribution is 2.33. The second-order valence-corrected chi connectivity index (χ2v) is 9.88. The minimum absolute atomic E-state index is 0.0169. The maximum Gasteiger partial charge on any atom is 0.148 e. The summed E-state index contributed by atoms with van der Waals surface area (Å²) in [5, 5.41) is 13.3. The molecule has 2 aromatic heterocycles. The van der Waals surface area contributed by atoms with Crippen LogP contribution in [0.2, 0.25) is 0 Å². The van der Waals surface area contributed by atoms with Crippen LogP contribution < -0.4 is 0 Å². The van der Waals surface area contributed by atoms with Crippen molar-refractivity contribution in [3.8, 4) is 0 Å². The van der Waals surface area contributed by atoms with Crippen LogP contribution in [0.5, 0.6) is 0 Å². The Morgan fingerprint density at radius 3 is 2.79 bits per heavy atom. The van der Waals surface area contributed by atoms with Gasteiger partial charge in [-0.15, -0.1) is 0 Å². The minimum atomic E-state index is -0.243. The van der Waals surface area contributed by atoms with Crippen molar-refractivity contribution >= 4 is 17.0 Å². The van der Waals surface area contributed by atoms with Crippen LogP contribution >= 0.6 is 0 Å². The molecule has 2 aromatic rings. The van der Waals surface area contributed by atoms with E-state index in [0.29, 0.717) is 30.2 Å². The van der Waals surface area contributed by atoms with Crippen molar-refractivity contribution in [2.45, 2.75) is 38.7 Å². The van der Waals surface area contributed by atoms with Gasteiger partial charge in [-0.1, -0.05) is 25.9 Å². The quantitative estimate of drug-likeness (QED) is 0.536. The first-order valence-electron chi connectivity index (χ1n) is 11.9. The second-order valence-electron chi connectivity index (χ2n) is 9.88. The number of hydrogen-bond acceptors (Lipinski definition) is 7. The van der Waals surface area contributed by atoms with Crippen LogP contribution in [-0.4, -0.2) is 70.8 Å². The number of ether oxygens (including phenoxy) is 3. The van der Waals surface area contributed by atoms with Gasteiger partial charge in [-0.05, 0) is 30.4 Å². The first kappa shape index (κ1) is 22.7. The van der Waals surface area contributed by atoms with E-state index in [0.717, 1.165) is 49.7 Å². The van der Waals surface area contributed by atoms with Gasteiger partial charge < -0.3 is 23.8 Å². The highest BCUT2D eigenvalue weighted by Gasteiger charge is 2.30. The van der Waals surface area contributed by atoms with E-state index in [1.165, 1.54) is 5.69 Å². The third-order valence-electron chi connectivity index (χ3n) is 6.47. The third kappa shape index (κ3) is 4.60. The zero-order chi connectivity index (χ0) is 23.7. The van der Waals surface area contributed by atoms with Crippen molar-refractivity contribution in [1.29, 1.82) is 0 Å². The molecule has 0 radical (unpaired) electrons. The Kier molecular flexibility index (Phi) is 6.18. The standard InChI is InChI=1S/C26H32N4O4/c1-26(2,3)25-7-4-18-14-22(27-17-30(18)25)24-16-21(28-31)20-15-19(5-6-23(20)34-24)33-13-10-29-8-11-32-12-9-29/h4-5,7,14-17,23,31H,6,8-13H2,1-3H3/b28-21-. The molecule has 1 N–H and O–H groups in total. The largest absolute Gasteiger partial charge is 0.493 e. The summed E-state index contributed by atoms with van der Waals surface area (Å²) in [4.78, 5) is 6.98. The van der Waals surface area contributed by atoms with Crippen molar-refractivity contribution in [1.82, 2.24) is 14.3 Å². The van der Waals surface area contributed by atoms with Gasteiger partial charge in [-0.25, -0.2) is 4.98 Å². The fraction of sp³-hybridized carbons (Fsp3) is 0.462. The minimum Gasteiger partial charge on any atom is -0.493 e. The fourth-order valence-electron chi connectivity index (χ4n) is 4.59. The predicted octanol–water partition coefficient (Wildman–Crippen LogP) is 3.76. The molecular weight excluding hydrogens is 432 g/mol. The molecule has 3 aliphatic rings. The summed E-state index contributed by atoms with van der Waals surface area (Å²) in [5.74, 6) is 1.38. The molecule has 0 saturated carbocycles. The van der Waals surface area contributed by atoms with Crippen molar-refractivity contribution < 1.29 is 19.4 Å². The molecule has 1 atom stereocenters. The van der Waals surface area contributed by atoms with Gasteiger partial charge in [-0.3, -0.25) is 4.90 Å². The molecule has 0 aromatic carbocycles. The van der Waals surface area contributed by atoms with E-state index < -0.39 is 0 Å². The summed E-state index contributed by atoms with van der Waals surface area (Å²) in [6, 6.07) is 6.22. The highest BCUT2D eigenvalue weighted by atomic mass is 16.5. The molecule has 8 heteroatoms. The van der Waals surface area contributed by atoms with Gasteiger partial charge in [0.2, 0.25) is 0 Å². The first-order chi connectivity index (χ1) is 16.4. The zero-order valence-electron chi connectivity index (χ0n) is 20.0. The molecule has 0 spiro atoms. The highest BCUT2D eigenvalue weighted by molar-refractivity contribution is 6.13. The maximum atomic E-state index is 9.74. The zero-order valence-corrected chi connectivity index (χ0v) is 20.0. The second kappa shape index (κ2) is 9.27. The molecule has 180 valence electrons. The maximum absolute atomic E-state index is 9.74. The summed E-state index contributed by atoms with van der Waals surface area (Å²) in [6.45, 7) is 11.5. The van der Waals surface area contributed by atoms with E-state index >= 15 is 0 Å². The Balaban J connectivity index is 1.31. The molecule has 1 aliphatic carbocycles. The van der Waals surface area contributed by atoms with E-state index in [2.05, 4.69) is 52.3 Å². The smallest absolute Gasteiger partial charge is 0.148 e. The number of rotatable bonds is 5. The lowest BCUT2D eigenvalue weighted by atomic mass is 9.92. The van der Waals surface area contributed by atoms with E-state index in [4.69, 9.17) is 14.2 Å². The summed E-state index contributed by atoms with van der Waals surface area (Å²) in [7, 11) is 0. The van der Waals surface area contributed by atoms with E-state index in [-0.39, 0.29) is 11.5 Å². The van der Waals surface area contributed by atoms with E-state index in [1.54, 1.807) is 6.08 Å². The molecule has 1 fully saturated rings. The lowest BCUT2D eigenvalue weighted by molar-refractivity contribution is 0.0279. The van der Waals surface area contributed by atoms with Crippen LogP contribution in [0.1, 0.15) is 38.6 Å². The molecule has 2 aliphatic heterocycles. The van der Waals surface area contributed by atoms with Gasteiger partial charge in [0.1, 0.15) is 42.0 Å². The van der Waals surface area contributed by atoms with Crippen LogP contribution in [0.4, 0.5) is 0 Å². The molecule has 1 unspecified atom stereocenters. The lowest BCUT2D eigenvalue weighted by Gasteiger charge is -2.30. The van der Waals surface area contributed by atoms with Gasteiger partial charge in [0.05, 0.1) is 13.2 Å². The molecular formula is C26H32N4O4. The summed E-state index contributed by atoms with van der Waals surface area (Å²) in [6.07, 6.45) is 7.91. The number of oxime groups is 1. The molecule has 8 nitrogen and oxygen atoms in total. The van der Waals surface area contributed by atoms with Crippen LogP contribution in [0, 0.1) is 0 Å². The SMILES string of the molecule is CC(C)(C)c1ccc2cc(C3=C/C(=N/O)C4=CC(OCCN5CCOCC5)=CCC4O3)ncn12. The summed E-state index contributed by atoms with van der Waals surface area (Å²) in [5.41, 5.74) is 4.25. The van der Waals surface area contributed by atoms with Crippen LogP contribution in [0.25, 0.3) is 11.3 Å². The normalized spacial score (nSPS) is 22.6. The van der Waals surface area contributed by atoms with Gasteiger partial charge in [0.15, 0.2) is 0 Å². The van der Waals surface area contributed by atoms with Crippen LogP contribution in [-0.2, 0) is 19.6 Å². The van der Waals surface area contributed by atoms with Gasteiger partial charge in [0, 0.05) is 54.3 Å². The van der Waals surface area contributed by atoms with E-state index in [9.17, 15) is 5.21 Å². The van der Waals surface area contributed by atoms with E-state index in [1.807, 2.05) is 24.5 Å². The molecule has 0 amide bonds. The van der Waals surface area contributed by atoms with Gasteiger partial charge in [-0.2, -0.15) is 0 Å². The van der Waals surface area contributed by atoms with Crippen molar-refractivity contribution in [2.75, 3.05) is 39.5 Å². The molecule has 4 heterocycles. The Hall–Kier alpha value is -3.10. The third-order valence-corrected chi connectivity index (χ3v) is 6.47. The average Bonchev–Trinajstić information content (AvgIpc) is 3.28. The Morgan fingerprint density at radius 1 is 1.21 bits per heavy atom. The lowest BCUT2D eigenvalue weighted by Crippen LogP contribution is -2.38. The van der Waals surface area contributed by atoms with Crippen molar-refractivity contribution in [3.05, 3.63) is 65.5 Å². The van der Waals surface area contributed by atoms with Crippen molar-refractivity contribution in [2.24, 2.45) is 5.16 Å². The Bertz CT molecular complexity index is 1180. The topological polar surface area (TPSA) is 80.8 Å². The van der Waals surface area contributed by atoms with Crippen LogP contribution in [0.15, 0.2) is 59.2 Å². The van der Waals surface area contributed by atoms with Crippen LogP contribution in [0.3, 0.4) is 0 Å². The summed E-state index contributed by atoms with van der Waals surface area (Å²) >= 11 is 0. The average molecular weight is 465 g/mol. The Morgan fingerprint density at radius 2 is 2.03 bits per heavy atom. The number of morpholine rings is 1. The number of fused-ring (bicyclic) bond motifs is 2. The fourth-order valence-corrected chi connectivity index (χ4v) is 4.59. The molecule has 5 rings (SSSR count). The predicted molar refractivity (Wildman–Crippen MR) is 130 cm³/mol. The first-order valence-corrected chi connectivity index (χ1v) is 11.9. The Labute approximate surface area is 199 Å². The molecule has 0 bridgehead atoms. The van der Waals surface area contributed by atoms with Gasteiger partial charge in [0.25, 0.3) is 0 Å². The number of aromatic nitrogens is 2. The number of allylic oxidation sites excluding steroid dienone is 2. The molecule has 34 heavy (non-hydrogen) atoms. The van der Waals surface area contributed by atoms with Gasteiger partial charge >= 0.3 is 0 Å².